The van der Waals surface area contributed by atoms with E-state index in [1.165, 1.54) is 29.8 Å². The van der Waals surface area contributed by atoms with Gasteiger partial charge in [-0.05, 0) is 19.1 Å². The quantitative estimate of drug-likeness (QED) is 0.805. The first-order valence-electron chi connectivity index (χ1n) is 4.94. The highest BCUT2D eigenvalue weighted by molar-refractivity contribution is 7.39. The van der Waals surface area contributed by atoms with E-state index in [9.17, 15) is 9.59 Å². The third-order valence-electron chi connectivity index (χ3n) is 2.08. The molecule has 0 N–H and O–H groups in total. The van der Waals surface area contributed by atoms with Crippen molar-refractivity contribution < 1.29 is 19.1 Å². The molecule has 0 atom stereocenters. The molecule has 0 radical (unpaired) electrons. The number of rotatable bonds is 3. The van der Waals surface area contributed by atoms with Crippen LogP contribution in [0.15, 0.2) is 12.1 Å². The van der Waals surface area contributed by atoms with Gasteiger partial charge < -0.3 is 9.47 Å². The second-order valence-corrected chi connectivity index (χ2v) is 5.54. The molecule has 4 nitrogen and oxygen atoms in total. The summed E-state index contributed by atoms with van der Waals surface area (Å²) in [4.78, 5) is 23.9. The molecule has 0 bridgehead atoms. The Labute approximate surface area is 106 Å². The van der Waals surface area contributed by atoms with E-state index in [2.05, 4.69) is 4.74 Å². The maximum atomic E-state index is 11.5. The summed E-state index contributed by atoms with van der Waals surface area (Å²) in [5, 5.41) is 0.878. The van der Waals surface area contributed by atoms with Crippen molar-refractivity contribution in [3.05, 3.63) is 21.9 Å². The lowest BCUT2D eigenvalue weighted by Gasteiger charge is -1.96. The van der Waals surface area contributed by atoms with E-state index in [1.807, 2.05) is 0 Å². The third kappa shape index (κ3) is 2.32. The van der Waals surface area contributed by atoms with E-state index in [-0.39, 0.29) is 11.9 Å². The number of carbonyl (C=O) groups excluding carboxylic acids is 2. The number of carbonyl (C=O) groups is 2. The lowest BCUT2D eigenvalue weighted by Crippen LogP contribution is -2.01. The van der Waals surface area contributed by atoms with Gasteiger partial charge in [-0.15, -0.1) is 22.7 Å². The van der Waals surface area contributed by atoms with Crippen LogP contribution in [0.25, 0.3) is 9.40 Å². The van der Waals surface area contributed by atoms with E-state index in [4.69, 9.17) is 4.74 Å². The van der Waals surface area contributed by atoms with Gasteiger partial charge in [0.05, 0.1) is 17.7 Å². The molecule has 0 unspecified atom stereocenters. The molecule has 0 aliphatic heterocycles. The maximum Gasteiger partial charge on any atom is 0.348 e. The Morgan fingerprint density at radius 1 is 1.18 bits per heavy atom. The predicted octanol–water partition coefficient (Wildman–Crippen LogP) is 2.93. The summed E-state index contributed by atoms with van der Waals surface area (Å²) in [5.74, 6) is -0.670. The van der Waals surface area contributed by atoms with Crippen LogP contribution in [0, 0.1) is 0 Å². The van der Waals surface area contributed by atoms with Crippen LogP contribution >= 0.6 is 22.7 Å². The zero-order chi connectivity index (χ0) is 12.4. The van der Waals surface area contributed by atoms with Crippen LogP contribution in [0.5, 0.6) is 0 Å². The van der Waals surface area contributed by atoms with E-state index in [0.29, 0.717) is 16.4 Å². The fraction of sp³-hybridized carbons (Fsp3) is 0.273. The van der Waals surface area contributed by atoms with Crippen LogP contribution < -0.4 is 0 Å². The summed E-state index contributed by atoms with van der Waals surface area (Å²) in [5.41, 5.74) is 0. The zero-order valence-corrected chi connectivity index (χ0v) is 10.9. The lowest BCUT2D eigenvalue weighted by molar-refractivity contribution is 0.0531. The normalized spacial score (nSPS) is 10.5. The summed E-state index contributed by atoms with van der Waals surface area (Å²) in [7, 11) is 1.35. The van der Waals surface area contributed by atoms with Crippen LogP contribution in [0.2, 0.25) is 0 Å². The van der Waals surface area contributed by atoms with E-state index in [1.54, 1.807) is 19.1 Å². The monoisotopic (exact) mass is 270 g/mol. The van der Waals surface area contributed by atoms with E-state index >= 15 is 0 Å². The molecule has 2 heterocycles. The highest BCUT2D eigenvalue weighted by Crippen LogP contribution is 2.34. The van der Waals surface area contributed by atoms with Gasteiger partial charge in [0.2, 0.25) is 0 Å². The van der Waals surface area contributed by atoms with Gasteiger partial charge in [-0.1, -0.05) is 0 Å². The molecule has 0 fully saturated rings. The second kappa shape index (κ2) is 4.85. The van der Waals surface area contributed by atoms with Crippen molar-refractivity contribution in [2.75, 3.05) is 13.7 Å². The summed E-state index contributed by atoms with van der Waals surface area (Å²) in [6.45, 7) is 2.13. The Morgan fingerprint density at radius 3 is 2.24 bits per heavy atom. The fourth-order valence-corrected chi connectivity index (χ4v) is 3.60. The fourth-order valence-electron chi connectivity index (χ4n) is 1.34. The predicted molar refractivity (Wildman–Crippen MR) is 67.0 cm³/mol. The largest absolute Gasteiger partial charge is 0.465 e. The van der Waals surface area contributed by atoms with Gasteiger partial charge in [0.25, 0.3) is 0 Å². The molecular weight excluding hydrogens is 260 g/mol. The van der Waals surface area contributed by atoms with Gasteiger partial charge in [-0.3, -0.25) is 0 Å². The van der Waals surface area contributed by atoms with Gasteiger partial charge in [-0.25, -0.2) is 9.59 Å². The summed E-state index contributed by atoms with van der Waals surface area (Å²) in [6.07, 6.45) is 0. The molecule has 17 heavy (non-hydrogen) atoms. The van der Waals surface area contributed by atoms with Crippen LogP contribution in [-0.4, -0.2) is 25.7 Å². The molecule has 0 saturated heterocycles. The molecule has 6 heteroatoms. The average Bonchev–Trinajstić information content (AvgIpc) is 2.85. The Balaban J connectivity index is 2.31. The van der Waals surface area contributed by atoms with Gasteiger partial charge in [0.15, 0.2) is 0 Å². The Kier molecular flexibility index (Phi) is 3.44. The van der Waals surface area contributed by atoms with Gasteiger partial charge in [-0.2, -0.15) is 0 Å². The van der Waals surface area contributed by atoms with E-state index in [0.717, 1.165) is 9.40 Å². The molecule has 0 saturated carbocycles. The van der Waals surface area contributed by atoms with E-state index < -0.39 is 0 Å². The highest BCUT2D eigenvalue weighted by Gasteiger charge is 2.16. The minimum Gasteiger partial charge on any atom is -0.465 e. The molecule has 0 spiro atoms. The average molecular weight is 270 g/mol. The number of fused-ring (bicyclic) bond motifs is 1. The van der Waals surface area contributed by atoms with Crippen molar-refractivity contribution in [1.82, 2.24) is 0 Å². The molecule has 0 aliphatic rings. The summed E-state index contributed by atoms with van der Waals surface area (Å²) in [6, 6.07) is 3.46. The Bertz CT molecular complexity index is 536. The van der Waals surface area contributed by atoms with Crippen LogP contribution in [-0.2, 0) is 9.47 Å². The molecule has 2 aromatic rings. The summed E-state index contributed by atoms with van der Waals surface area (Å²) >= 11 is 2.65. The molecule has 2 rings (SSSR count). The number of thiophene rings is 2. The molecule has 0 amide bonds. The Hall–Kier alpha value is -1.40. The van der Waals surface area contributed by atoms with Crippen molar-refractivity contribution in [2.24, 2.45) is 0 Å². The number of ether oxygens (including phenoxy) is 2. The second-order valence-electron chi connectivity index (χ2n) is 3.18. The molecular formula is C11H10O4S2. The minimum atomic E-state index is -0.351. The van der Waals surface area contributed by atoms with Crippen molar-refractivity contribution in [3.63, 3.8) is 0 Å². The lowest BCUT2D eigenvalue weighted by atomic mass is 10.3. The Morgan fingerprint density at radius 2 is 1.76 bits per heavy atom. The number of esters is 2. The minimum absolute atomic E-state index is 0.319. The SMILES string of the molecule is CCOC(=O)c1cc2cc(C(=O)OC)sc2s1. The smallest absolute Gasteiger partial charge is 0.348 e. The molecule has 0 aliphatic carbocycles. The topological polar surface area (TPSA) is 52.6 Å². The maximum absolute atomic E-state index is 11.5. The van der Waals surface area contributed by atoms with Crippen molar-refractivity contribution >= 4 is 44.0 Å². The van der Waals surface area contributed by atoms with Gasteiger partial charge in [0, 0.05) is 5.39 Å². The van der Waals surface area contributed by atoms with Crippen molar-refractivity contribution in [1.29, 1.82) is 0 Å². The number of methoxy groups -OCH3 is 1. The van der Waals surface area contributed by atoms with Crippen LogP contribution in [0.1, 0.15) is 26.3 Å². The molecule has 2 aromatic heterocycles. The first kappa shape index (κ1) is 12.1. The van der Waals surface area contributed by atoms with Crippen LogP contribution in [0.3, 0.4) is 0 Å². The first-order valence-corrected chi connectivity index (χ1v) is 6.57. The standard InChI is InChI=1S/C11H10O4S2/c1-3-15-10(13)8-5-6-4-7(9(12)14-2)16-11(6)17-8/h4-5H,3H2,1-2H3. The molecule has 90 valence electrons. The van der Waals surface area contributed by atoms with Gasteiger partial charge >= 0.3 is 11.9 Å². The number of hydrogen-bond acceptors (Lipinski definition) is 6. The third-order valence-corrected chi connectivity index (χ3v) is 4.43. The zero-order valence-electron chi connectivity index (χ0n) is 9.31. The highest BCUT2D eigenvalue weighted by atomic mass is 32.2. The summed E-state index contributed by atoms with van der Waals surface area (Å²) < 4.78 is 10.5. The number of hydrogen-bond donors (Lipinski definition) is 0. The molecule has 0 aromatic carbocycles. The van der Waals surface area contributed by atoms with Crippen LogP contribution in [0.4, 0.5) is 0 Å². The first-order chi connectivity index (χ1) is 8.15. The van der Waals surface area contributed by atoms with Crippen molar-refractivity contribution in [2.45, 2.75) is 6.92 Å². The van der Waals surface area contributed by atoms with Gasteiger partial charge in [0.1, 0.15) is 9.75 Å². The van der Waals surface area contributed by atoms with Crippen molar-refractivity contribution in [3.8, 4) is 0 Å².